The van der Waals surface area contributed by atoms with Gasteiger partial charge in [0.2, 0.25) is 0 Å². The van der Waals surface area contributed by atoms with E-state index in [1.807, 2.05) is 4.98 Å². The Hall–Kier alpha value is -1.79. The third kappa shape index (κ3) is 0.955. The van der Waals surface area contributed by atoms with E-state index in [4.69, 9.17) is 5.84 Å². The van der Waals surface area contributed by atoms with Gasteiger partial charge in [-0.15, -0.1) is 0 Å². The van der Waals surface area contributed by atoms with Crippen LogP contribution in [0.1, 0.15) is 0 Å². The summed E-state index contributed by atoms with van der Waals surface area (Å²) < 4.78 is 1.02. The van der Waals surface area contributed by atoms with Crippen LogP contribution in [0.2, 0.25) is 0 Å². The summed E-state index contributed by atoms with van der Waals surface area (Å²) in [5.74, 6) is 4.95. The third-order valence-electron chi connectivity index (χ3n) is 1.23. The summed E-state index contributed by atoms with van der Waals surface area (Å²) in [6.45, 7) is 0. The summed E-state index contributed by atoms with van der Waals surface area (Å²) >= 11 is 0. The lowest BCUT2D eigenvalue weighted by atomic mass is 10.9. The number of aromatic nitrogens is 3. The molecule has 1 aromatic rings. The lowest BCUT2D eigenvalue weighted by Gasteiger charge is -1.96. The second-order valence-corrected chi connectivity index (χ2v) is 1.95. The molecule has 0 aliphatic rings. The second kappa shape index (κ2) is 2.11. The molecular weight excluding hydrogens is 152 g/mol. The van der Waals surface area contributed by atoms with Crippen molar-refractivity contribution in [3.8, 4) is 0 Å². The zero-order valence-electron chi connectivity index (χ0n) is 5.70. The molecule has 7 nitrogen and oxygen atoms in total. The molecule has 0 spiro atoms. The highest BCUT2D eigenvalue weighted by atomic mass is 16.2. The fourth-order valence-electron chi connectivity index (χ4n) is 0.571. The molecule has 1 rings (SSSR count). The lowest BCUT2D eigenvalue weighted by molar-refractivity contribution is 0.643. The molecule has 60 valence electrons. The van der Waals surface area contributed by atoms with Crippen molar-refractivity contribution in [3.63, 3.8) is 0 Å². The SMILES string of the molecule is Cn1c(=O)[nH]c(=O)n(N)c1=O. The van der Waals surface area contributed by atoms with Gasteiger partial charge in [0.05, 0.1) is 0 Å². The normalized spacial score (nSPS) is 9.91. The van der Waals surface area contributed by atoms with Crippen LogP contribution in [0.3, 0.4) is 0 Å². The Bertz CT molecular complexity index is 399. The molecule has 0 atom stereocenters. The van der Waals surface area contributed by atoms with Gasteiger partial charge in [-0.25, -0.2) is 19.0 Å². The number of rotatable bonds is 0. The third-order valence-corrected chi connectivity index (χ3v) is 1.23. The van der Waals surface area contributed by atoms with Gasteiger partial charge < -0.3 is 5.84 Å². The largest absolute Gasteiger partial charge is 0.354 e. The monoisotopic (exact) mass is 158 g/mol. The highest BCUT2D eigenvalue weighted by molar-refractivity contribution is 4.71. The van der Waals surface area contributed by atoms with E-state index in [0.717, 1.165) is 0 Å². The minimum atomic E-state index is -0.918. The Morgan fingerprint density at radius 2 is 1.82 bits per heavy atom. The molecule has 0 saturated carbocycles. The first-order chi connectivity index (χ1) is 5.04. The topological polar surface area (TPSA) is 103 Å². The van der Waals surface area contributed by atoms with Gasteiger partial charge in [0, 0.05) is 7.05 Å². The van der Waals surface area contributed by atoms with Gasteiger partial charge in [-0.2, -0.15) is 4.68 Å². The van der Waals surface area contributed by atoms with Crippen molar-refractivity contribution in [3.05, 3.63) is 31.5 Å². The number of nitrogens with one attached hydrogen (secondary N) is 1. The van der Waals surface area contributed by atoms with E-state index >= 15 is 0 Å². The van der Waals surface area contributed by atoms with E-state index in [-0.39, 0.29) is 0 Å². The van der Waals surface area contributed by atoms with Gasteiger partial charge >= 0.3 is 17.1 Å². The van der Waals surface area contributed by atoms with E-state index in [2.05, 4.69) is 0 Å². The standard InChI is InChI=1S/C4H6N4O3/c1-7-2(9)6-3(10)8(5)4(7)11/h5H2,1H3,(H,6,9,10). The maximum Gasteiger partial charge on any atom is 0.354 e. The van der Waals surface area contributed by atoms with E-state index in [1.54, 1.807) is 0 Å². The zero-order valence-corrected chi connectivity index (χ0v) is 5.70. The summed E-state index contributed by atoms with van der Waals surface area (Å²) in [7, 11) is 1.21. The van der Waals surface area contributed by atoms with Gasteiger partial charge in [0.15, 0.2) is 0 Å². The molecule has 11 heavy (non-hydrogen) atoms. The van der Waals surface area contributed by atoms with Crippen LogP contribution in [-0.4, -0.2) is 14.2 Å². The average Bonchev–Trinajstić information content (AvgIpc) is 1.97. The van der Waals surface area contributed by atoms with Crippen molar-refractivity contribution in [2.45, 2.75) is 0 Å². The van der Waals surface area contributed by atoms with Crippen LogP contribution >= 0.6 is 0 Å². The van der Waals surface area contributed by atoms with Crippen molar-refractivity contribution in [2.75, 3.05) is 5.84 Å². The number of H-pyrrole nitrogens is 1. The molecule has 0 aliphatic carbocycles. The van der Waals surface area contributed by atoms with Gasteiger partial charge in [-0.3, -0.25) is 4.98 Å². The highest BCUT2D eigenvalue weighted by Crippen LogP contribution is 1.48. The molecule has 1 aromatic heterocycles. The quantitative estimate of drug-likeness (QED) is 0.391. The smallest absolute Gasteiger partial charge is 0.331 e. The summed E-state index contributed by atoms with van der Waals surface area (Å²) in [4.78, 5) is 33.9. The number of nitrogens with two attached hydrogens (primary N) is 1. The molecule has 0 saturated heterocycles. The van der Waals surface area contributed by atoms with E-state index < -0.39 is 17.1 Å². The molecule has 0 amide bonds. The Kier molecular flexibility index (Phi) is 1.41. The van der Waals surface area contributed by atoms with Crippen LogP contribution in [0.25, 0.3) is 0 Å². The molecule has 7 heteroatoms. The molecule has 0 bridgehead atoms. The molecule has 0 aliphatic heterocycles. The van der Waals surface area contributed by atoms with Crippen molar-refractivity contribution < 1.29 is 0 Å². The van der Waals surface area contributed by atoms with Gasteiger partial charge in [-0.05, 0) is 0 Å². The maximum atomic E-state index is 10.8. The first-order valence-corrected chi connectivity index (χ1v) is 2.71. The highest BCUT2D eigenvalue weighted by Gasteiger charge is 2.00. The predicted molar refractivity (Wildman–Crippen MR) is 36.7 cm³/mol. The Labute approximate surface area is 59.7 Å². The Morgan fingerprint density at radius 1 is 1.27 bits per heavy atom. The Balaban J connectivity index is 3.89. The van der Waals surface area contributed by atoms with Crippen LogP contribution < -0.4 is 22.9 Å². The second-order valence-electron chi connectivity index (χ2n) is 1.95. The van der Waals surface area contributed by atoms with Crippen LogP contribution in [0.4, 0.5) is 0 Å². The summed E-state index contributed by atoms with van der Waals surface area (Å²) in [5, 5.41) is 0. The molecular formula is C4H6N4O3. The molecule has 0 unspecified atom stereocenters. The zero-order chi connectivity index (χ0) is 8.59. The van der Waals surface area contributed by atoms with Crippen molar-refractivity contribution in [1.29, 1.82) is 0 Å². The molecule has 1 heterocycles. The van der Waals surface area contributed by atoms with Crippen molar-refractivity contribution in [2.24, 2.45) is 7.05 Å². The molecule has 0 fully saturated rings. The number of aromatic amines is 1. The molecule has 0 aromatic carbocycles. The van der Waals surface area contributed by atoms with Gasteiger partial charge in [-0.1, -0.05) is 0 Å². The minimum Gasteiger partial charge on any atom is -0.331 e. The minimum absolute atomic E-state index is 0.321. The predicted octanol–water partition coefficient (Wildman–Crippen LogP) is -3.05. The lowest BCUT2D eigenvalue weighted by Crippen LogP contribution is -2.51. The summed E-state index contributed by atoms with van der Waals surface area (Å²) in [6.07, 6.45) is 0. The van der Waals surface area contributed by atoms with Crippen LogP contribution in [0.5, 0.6) is 0 Å². The number of nitrogens with zero attached hydrogens (tertiary/aromatic N) is 2. The number of hydrogen-bond donors (Lipinski definition) is 2. The number of nitrogen functional groups attached to an aromatic ring is 1. The first-order valence-electron chi connectivity index (χ1n) is 2.71. The van der Waals surface area contributed by atoms with Crippen LogP contribution in [0.15, 0.2) is 14.4 Å². The van der Waals surface area contributed by atoms with E-state index in [0.29, 0.717) is 9.24 Å². The van der Waals surface area contributed by atoms with E-state index in [9.17, 15) is 14.4 Å². The molecule has 0 radical (unpaired) electrons. The van der Waals surface area contributed by atoms with E-state index in [1.165, 1.54) is 7.05 Å². The van der Waals surface area contributed by atoms with Gasteiger partial charge in [0.25, 0.3) is 0 Å². The average molecular weight is 158 g/mol. The number of hydrogen-bond acceptors (Lipinski definition) is 4. The van der Waals surface area contributed by atoms with Gasteiger partial charge in [0.1, 0.15) is 0 Å². The maximum absolute atomic E-state index is 10.8. The first kappa shape index (κ1) is 7.32. The Morgan fingerprint density at radius 3 is 2.36 bits per heavy atom. The fraction of sp³-hybridized carbons (Fsp3) is 0.250. The van der Waals surface area contributed by atoms with Crippen molar-refractivity contribution >= 4 is 0 Å². The summed E-state index contributed by atoms with van der Waals surface area (Å²) in [6, 6.07) is 0. The van der Waals surface area contributed by atoms with Crippen LogP contribution in [0, 0.1) is 0 Å². The van der Waals surface area contributed by atoms with Crippen molar-refractivity contribution in [1.82, 2.24) is 14.2 Å². The fourth-order valence-corrected chi connectivity index (χ4v) is 0.571. The molecule has 3 N–H and O–H groups in total. The summed E-state index contributed by atoms with van der Waals surface area (Å²) in [5.41, 5.74) is -2.54. The van der Waals surface area contributed by atoms with Crippen LogP contribution in [-0.2, 0) is 7.05 Å².